The largest absolute Gasteiger partial charge is 0.353 e. The number of hydrogen-bond acceptors (Lipinski definition) is 1. The van der Waals surface area contributed by atoms with Crippen molar-refractivity contribution in [3.8, 4) is 0 Å². The highest BCUT2D eigenvalue weighted by molar-refractivity contribution is 5.79. The predicted molar refractivity (Wildman–Crippen MR) is 65.1 cm³/mol. The van der Waals surface area contributed by atoms with Crippen LogP contribution in [0.2, 0.25) is 0 Å². The molecule has 16 heavy (non-hydrogen) atoms. The second-order valence-electron chi connectivity index (χ2n) is 4.73. The number of carbonyl (C=O) groups excluding carboxylic acids is 1. The summed E-state index contributed by atoms with van der Waals surface area (Å²) in [6.07, 6.45) is 4.28. The van der Waals surface area contributed by atoms with Gasteiger partial charge in [-0.25, -0.2) is 0 Å². The predicted octanol–water partition coefficient (Wildman–Crippen LogP) is 2.53. The van der Waals surface area contributed by atoms with E-state index < -0.39 is 0 Å². The Bertz CT molecular complexity index is 343. The molecule has 86 valence electrons. The van der Waals surface area contributed by atoms with Gasteiger partial charge in [0.1, 0.15) is 0 Å². The van der Waals surface area contributed by atoms with Crippen LogP contribution in [0.15, 0.2) is 30.3 Å². The normalized spacial score (nSPS) is 17.6. The van der Waals surface area contributed by atoms with Crippen molar-refractivity contribution in [2.45, 2.75) is 38.6 Å². The molecular formula is C14H19NO. The molecule has 0 bridgehead atoms. The van der Waals surface area contributed by atoms with Gasteiger partial charge < -0.3 is 5.32 Å². The minimum Gasteiger partial charge on any atom is -0.353 e. The summed E-state index contributed by atoms with van der Waals surface area (Å²) in [6.45, 7) is 2.07. The molecule has 1 aliphatic carbocycles. The number of carbonyl (C=O) groups is 1. The van der Waals surface area contributed by atoms with Crippen molar-refractivity contribution in [2.24, 2.45) is 5.92 Å². The van der Waals surface area contributed by atoms with Crippen LogP contribution >= 0.6 is 0 Å². The van der Waals surface area contributed by atoms with E-state index in [2.05, 4.69) is 24.4 Å². The maximum absolute atomic E-state index is 11.7. The van der Waals surface area contributed by atoms with Gasteiger partial charge in [-0.1, -0.05) is 36.8 Å². The number of rotatable bonds is 4. The molecule has 0 aromatic heterocycles. The summed E-state index contributed by atoms with van der Waals surface area (Å²) in [5.74, 6) is 0.535. The van der Waals surface area contributed by atoms with Crippen molar-refractivity contribution in [3.05, 3.63) is 35.9 Å². The number of benzene rings is 1. The topological polar surface area (TPSA) is 29.1 Å². The number of nitrogens with one attached hydrogen (secondary N) is 1. The van der Waals surface area contributed by atoms with Gasteiger partial charge in [0.2, 0.25) is 5.91 Å². The summed E-state index contributed by atoms with van der Waals surface area (Å²) in [4.78, 5) is 11.7. The Morgan fingerprint density at radius 1 is 1.38 bits per heavy atom. The van der Waals surface area contributed by atoms with Gasteiger partial charge in [-0.2, -0.15) is 0 Å². The van der Waals surface area contributed by atoms with Crippen molar-refractivity contribution in [1.82, 2.24) is 5.32 Å². The quantitative estimate of drug-likeness (QED) is 0.825. The molecule has 1 fully saturated rings. The Labute approximate surface area is 97.1 Å². The van der Waals surface area contributed by atoms with Crippen LogP contribution in [-0.4, -0.2) is 11.9 Å². The molecule has 1 atom stereocenters. The number of amides is 1. The molecule has 1 N–H and O–H groups in total. The molecule has 2 nitrogen and oxygen atoms in total. The van der Waals surface area contributed by atoms with E-state index in [0.717, 1.165) is 19.3 Å². The van der Waals surface area contributed by atoms with Crippen molar-refractivity contribution in [1.29, 1.82) is 0 Å². The Balaban J connectivity index is 1.79. The van der Waals surface area contributed by atoms with Gasteiger partial charge in [0.15, 0.2) is 0 Å². The maximum atomic E-state index is 11.7. The standard InChI is InChI=1S/C14H19NO/c1-11(10-12-6-3-2-4-7-12)15-14(16)13-8-5-9-13/h2-4,6-7,11,13H,5,8-10H2,1H3,(H,15,16)/t11-/m0/s1. The lowest BCUT2D eigenvalue weighted by Gasteiger charge is -2.26. The summed E-state index contributed by atoms with van der Waals surface area (Å²) < 4.78 is 0. The van der Waals surface area contributed by atoms with Gasteiger partial charge >= 0.3 is 0 Å². The molecule has 0 radical (unpaired) electrons. The van der Waals surface area contributed by atoms with Crippen molar-refractivity contribution < 1.29 is 4.79 Å². The SMILES string of the molecule is C[C@@H](Cc1ccccc1)NC(=O)C1CCC1. The van der Waals surface area contributed by atoms with E-state index in [1.807, 2.05) is 18.2 Å². The first-order valence-electron chi connectivity index (χ1n) is 6.10. The highest BCUT2D eigenvalue weighted by Gasteiger charge is 2.25. The molecule has 0 unspecified atom stereocenters. The Kier molecular flexibility index (Phi) is 3.60. The van der Waals surface area contributed by atoms with Crippen LogP contribution in [0.3, 0.4) is 0 Å². The molecule has 0 aliphatic heterocycles. The Hall–Kier alpha value is -1.31. The average Bonchev–Trinajstić information content (AvgIpc) is 2.15. The van der Waals surface area contributed by atoms with Crippen LogP contribution < -0.4 is 5.32 Å². The first-order valence-corrected chi connectivity index (χ1v) is 6.10. The maximum Gasteiger partial charge on any atom is 0.223 e. The zero-order chi connectivity index (χ0) is 11.4. The molecular weight excluding hydrogens is 198 g/mol. The van der Waals surface area contributed by atoms with E-state index >= 15 is 0 Å². The smallest absolute Gasteiger partial charge is 0.223 e. The highest BCUT2D eigenvalue weighted by atomic mass is 16.1. The molecule has 1 amide bonds. The second kappa shape index (κ2) is 5.15. The summed E-state index contributed by atoms with van der Waals surface area (Å²) in [6, 6.07) is 10.5. The zero-order valence-electron chi connectivity index (χ0n) is 9.78. The summed E-state index contributed by atoms with van der Waals surface area (Å²) >= 11 is 0. The van der Waals surface area contributed by atoms with Gasteiger partial charge in [-0.15, -0.1) is 0 Å². The minimum absolute atomic E-state index is 0.232. The van der Waals surface area contributed by atoms with Crippen molar-refractivity contribution >= 4 is 5.91 Å². The molecule has 1 saturated carbocycles. The highest BCUT2D eigenvalue weighted by Crippen LogP contribution is 2.26. The second-order valence-corrected chi connectivity index (χ2v) is 4.73. The molecule has 1 aromatic carbocycles. The van der Waals surface area contributed by atoms with E-state index in [0.29, 0.717) is 5.92 Å². The average molecular weight is 217 g/mol. The van der Waals surface area contributed by atoms with Crippen LogP contribution in [0.25, 0.3) is 0 Å². The third-order valence-electron chi connectivity index (χ3n) is 3.25. The van der Waals surface area contributed by atoms with Gasteiger partial charge in [-0.05, 0) is 31.7 Å². The summed E-state index contributed by atoms with van der Waals surface area (Å²) in [7, 11) is 0. The lowest BCUT2D eigenvalue weighted by atomic mass is 9.84. The van der Waals surface area contributed by atoms with Crippen molar-refractivity contribution in [3.63, 3.8) is 0 Å². The Morgan fingerprint density at radius 3 is 2.62 bits per heavy atom. The molecule has 2 heteroatoms. The summed E-state index contributed by atoms with van der Waals surface area (Å²) in [5.41, 5.74) is 1.28. The summed E-state index contributed by atoms with van der Waals surface area (Å²) in [5, 5.41) is 3.09. The molecule has 2 rings (SSSR count). The van der Waals surface area contributed by atoms with Crippen LogP contribution in [0.5, 0.6) is 0 Å². The first-order chi connectivity index (χ1) is 7.75. The monoisotopic (exact) mass is 217 g/mol. The van der Waals surface area contributed by atoms with Gasteiger partial charge in [0, 0.05) is 12.0 Å². The van der Waals surface area contributed by atoms with Gasteiger partial charge in [0.05, 0.1) is 0 Å². The molecule has 0 saturated heterocycles. The molecule has 0 heterocycles. The van der Waals surface area contributed by atoms with Gasteiger partial charge in [-0.3, -0.25) is 4.79 Å². The van der Waals surface area contributed by atoms with E-state index in [1.165, 1.54) is 12.0 Å². The van der Waals surface area contributed by atoms with Crippen LogP contribution in [-0.2, 0) is 11.2 Å². The van der Waals surface area contributed by atoms with E-state index in [-0.39, 0.29) is 11.9 Å². The Morgan fingerprint density at radius 2 is 2.06 bits per heavy atom. The van der Waals surface area contributed by atoms with Gasteiger partial charge in [0.25, 0.3) is 0 Å². The third-order valence-corrected chi connectivity index (χ3v) is 3.25. The molecule has 1 aromatic rings. The molecule has 1 aliphatic rings. The fraction of sp³-hybridized carbons (Fsp3) is 0.500. The fourth-order valence-electron chi connectivity index (χ4n) is 2.05. The van der Waals surface area contributed by atoms with Crippen molar-refractivity contribution in [2.75, 3.05) is 0 Å². The van der Waals surface area contributed by atoms with E-state index in [1.54, 1.807) is 0 Å². The van der Waals surface area contributed by atoms with Crippen LogP contribution in [0.4, 0.5) is 0 Å². The zero-order valence-corrected chi connectivity index (χ0v) is 9.78. The molecule has 0 spiro atoms. The van der Waals surface area contributed by atoms with E-state index in [9.17, 15) is 4.79 Å². The minimum atomic E-state index is 0.232. The first kappa shape index (κ1) is 11.2. The lowest BCUT2D eigenvalue weighted by molar-refractivity contribution is -0.127. The fourth-order valence-corrected chi connectivity index (χ4v) is 2.05. The third kappa shape index (κ3) is 2.84. The van der Waals surface area contributed by atoms with E-state index in [4.69, 9.17) is 0 Å². The van der Waals surface area contributed by atoms with Crippen LogP contribution in [0.1, 0.15) is 31.7 Å². The van der Waals surface area contributed by atoms with Crippen LogP contribution in [0, 0.1) is 5.92 Å². The lowest BCUT2D eigenvalue weighted by Crippen LogP contribution is -2.40. The number of hydrogen-bond donors (Lipinski definition) is 1.